The Bertz CT molecular complexity index is 1160. The maximum Gasteiger partial charge on any atom is 0.269 e. The molecule has 0 bridgehead atoms. The van der Waals surface area contributed by atoms with Gasteiger partial charge in [-0.3, -0.25) is 9.59 Å². The maximum absolute atomic E-state index is 14.5. The lowest BCUT2D eigenvalue weighted by Crippen LogP contribution is -2.30. The number of methoxy groups -OCH3 is 1. The summed E-state index contributed by atoms with van der Waals surface area (Å²) in [4.78, 5) is 24.9. The Kier molecular flexibility index (Phi) is 7.37. The summed E-state index contributed by atoms with van der Waals surface area (Å²) in [5.74, 6) is -3.03. The summed E-state index contributed by atoms with van der Waals surface area (Å²) in [5.41, 5.74) is 6.95. The molecule has 0 radical (unpaired) electrons. The van der Waals surface area contributed by atoms with Gasteiger partial charge in [0.15, 0.2) is 5.69 Å². The first-order valence-electron chi connectivity index (χ1n) is 10.1. The van der Waals surface area contributed by atoms with E-state index in [4.69, 9.17) is 10.5 Å². The van der Waals surface area contributed by atoms with Crippen molar-refractivity contribution in [3.63, 3.8) is 0 Å². The Morgan fingerprint density at radius 1 is 1.15 bits per heavy atom. The summed E-state index contributed by atoms with van der Waals surface area (Å²) >= 11 is 0. The third-order valence-corrected chi connectivity index (χ3v) is 5.14. The van der Waals surface area contributed by atoms with Crippen molar-refractivity contribution in [3.8, 4) is 11.6 Å². The fraction of sp³-hybridized carbons (Fsp3) is 0.261. The van der Waals surface area contributed by atoms with Crippen LogP contribution in [0.5, 0.6) is 5.88 Å². The summed E-state index contributed by atoms with van der Waals surface area (Å²) < 4.78 is 46.4. The third kappa shape index (κ3) is 5.16. The summed E-state index contributed by atoms with van der Waals surface area (Å²) in [6.45, 7) is 0.991. The smallest absolute Gasteiger partial charge is 0.269 e. The molecule has 0 aliphatic heterocycles. The van der Waals surface area contributed by atoms with E-state index in [2.05, 4.69) is 10.4 Å². The Morgan fingerprint density at radius 2 is 1.82 bits per heavy atom. The van der Waals surface area contributed by atoms with Crippen molar-refractivity contribution in [3.05, 3.63) is 76.7 Å². The van der Waals surface area contributed by atoms with Gasteiger partial charge in [0.1, 0.15) is 11.5 Å². The molecule has 33 heavy (non-hydrogen) atoms. The number of primary amides is 1. The predicted octanol–water partition coefficient (Wildman–Crippen LogP) is 3.33. The lowest BCUT2D eigenvalue weighted by Gasteiger charge is -2.20. The van der Waals surface area contributed by atoms with E-state index in [9.17, 15) is 22.8 Å². The van der Waals surface area contributed by atoms with Crippen LogP contribution in [0.1, 0.15) is 39.5 Å². The number of hydrogen-bond acceptors (Lipinski definition) is 4. The average molecular weight is 460 g/mol. The number of alkyl halides is 2. The molecule has 3 rings (SSSR count). The number of carbonyl (C=O) groups is 2. The second-order valence-corrected chi connectivity index (χ2v) is 7.31. The molecular formula is C23H23F3N4O3. The molecule has 2 aromatic carbocycles. The Balaban J connectivity index is 2.22. The van der Waals surface area contributed by atoms with Crippen molar-refractivity contribution in [2.24, 2.45) is 5.73 Å². The van der Waals surface area contributed by atoms with Crippen molar-refractivity contribution < 1.29 is 27.5 Å². The third-order valence-electron chi connectivity index (χ3n) is 5.14. The maximum atomic E-state index is 14.5. The Hall–Kier alpha value is -3.82. The Labute approximate surface area is 188 Å². The van der Waals surface area contributed by atoms with Crippen LogP contribution < -0.4 is 15.8 Å². The van der Waals surface area contributed by atoms with E-state index in [1.54, 1.807) is 37.3 Å². The second-order valence-electron chi connectivity index (χ2n) is 7.31. The van der Waals surface area contributed by atoms with E-state index in [0.717, 1.165) is 10.2 Å². The van der Waals surface area contributed by atoms with E-state index >= 15 is 0 Å². The van der Waals surface area contributed by atoms with Crippen molar-refractivity contribution in [1.82, 2.24) is 15.1 Å². The zero-order chi connectivity index (χ0) is 24.1. The fourth-order valence-corrected chi connectivity index (χ4v) is 3.69. The molecule has 0 aliphatic carbocycles. The SMILES string of the molecule is COc1c([C@@H](CC(=O)NCC(F)F)c2ccccc2C)c(C(N)=O)nn1-c1ccccc1F. The number of amides is 2. The van der Waals surface area contributed by atoms with Crippen LogP contribution in [0.25, 0.3) is 5.69 Å². The number of nitrogens with zero attached hydrogens (tertiary/aromatic N) is 2. The minimum atomic E-state index is -2.72. The number of hydrogen-bond donors (Lipinski definition) is 2. The number of nitrogens with one attached hydrogen (secondary N) is 1. The molecule has 0 spiro atoms. The van der Waals surface area contributed by atoms with E-state index in [0.29, 0.717) is 5.56 Å². The van der Waals surface area contributed by atoms with Crippen LogP contribution in [0.3, 0.4) is 0 Å². The van der Waals surface area contributed by atoms with Crippen LogP contribution in [0.15, 0.2) is 48.5 Å². The lowest BCUT2D eigenvalue weighted by molar-refractivity contribution is -0.121. The number of halogens is 3. The molecule has 1 atom stereocenters. The number of carbonyl (C=O) groups excluding carboxylic acids is 2. The summed E-state index contributed by atoms with van der Waals surface area (Å²) in [6.07, 6.45) is -3.01. The van der Waals surface area contributed by atoms with E-state index < -0.39 is 36.5 Å². The predicted molar refractivity (Wildman–Crippen MR) is 115 cm³/mol. The molecule has 0 aliphatic rings. The zero-order valence-electron chi connectivity index (χ0n) is 18.0. The van der Waals surface area contributed by atoms with E-state index in [1.807, 2.05) is 0 Å². The lowest BCUT2D eigenvalue weighted by atomic mass is 9.85. The summed E-state index contributed by atoms with van der Waals surface area (Å²) in [6, 6.07) is 12.8. The van der Waals surface area contributed by atoms with Gasteiger partial charge in [0.25, 0.3) is 12.3 Å². The molecule has 174 valence electrons. The van der Waals surface area contributed by atoms with E-state index in [-0.39, 0.29) is 29.2 Å². The molecule has 0 saturated heterocycles. The highest BCUT2D eigenvalue weighted by Gasteiger charge is 2.33. The second kappa shape index (κ2) is 10.2. The minimum absolute atomic E-state index is 0.00353. The van der Waals surface area contributed by atoms with Gasteiger partial charge in [-0.05, 0) is 30.2 Å². The van der Waals surface area contributed by atoms with Crippen LogP contribution in [0, 0.1) is 12.7 Å². The van der Waals surface area contributed by atoms with Gasteiger partial charge in [0.05, 0.1) is 19.2 Å². The van der Waals surface area contributed by atoms with Crippen LogP contribution in [-0.4, -0.2) is 41.7 Å². The zero-order valence-corrected chi connectivity index (χ0v) is 18.0. The topological polar surface area (TPSA) is 99.2 Å². The molecule has 3 N–H and O–H groups in total. The highest BCUT2D eigenvalue weighted by atomic mass is 19.3. The molecule has 0 saturated carbocycles. The minimum Gasteiger partial charge on any atom is -0.481 e. The monoisotopic (exact) mass is 460 g/mol. The highest BCUT2D eigenvalue weighted by Crippen LogP contribution is 2.39. The van der Waals surface area contributed by atoms with E-state index in [1.165, 1.54) is 25.3 Å². The molecule has 10 heteroatoms. The van der Waals surface area contributed by atoms with Crippen molar-refractivity contribution in [1.29, 1.82) is 0 Å². The normalized spacial score (nSPS) is 11.9. The molecular weight excluding hydrogens is 437 g/mol. The number of aryl methyl sites for hydroxylation is 1. The standard InChI is InChI=1S/C23H23F3N4O3/c1-13-7-3-4-8-14(13)15(11-19(31)28-12-18(25)26)20-21(22(27)32)29-30(23(20)33-2)17-10-6-5-9-16(17)24/h3-10,15,18H,11-12H2,1-2H3,(H2,27,32)(H,28,31)/t15-/m0/s1. The van der Waals surface area contributed by atoms with Crippen LogP contribution in [0.4, 0.5) is 13.2 Å². The highest BCUT2D eigenvalue weighted by molar-refractivity contribution is 5.94. The summed E-state index contributed by atoms with van der Waals surface area (Å²) in [5, 5.41) is 6.37. The van der Waals surface area contributed by atoms with Gasteiger partial charge in [-0.2, -0.15) is 9.78 Å². The average Bonchev–Trinajstić information content (AvgIpc) is 3.16. The number of benzene rings is 2. The van der Waals surface area contributed by atoms with Gasteiger partial charge in [-0.15, -0.1) is 0 Å². The molecule has 0 fully saturated rings. The number of ether oxygens (including phenoxy) is 1. The first-order chi connectivity index (χ1) is 15.7. The van der Waals surface area contributed by atoms with Gasteiger partial charge in [0.2, 0.25) is 11.8 Å². The molecule has 0 unspecified atom stereocenters. The number of para-hydroxylation sites is 1. The molecule has 1 heterocycles. The van der Waals surface area contributed by atoms with Crippen molar-refractivity contribution in [2.75, 3.05) is 13.7 Å². The molecule has 2 amide bonds. The van der Waals surface area contributed by atoms with Gasteiger partial charge >= 0.3 is 0 Å². The molecule has 7 nitrogen and oxygen atoms in total. The van der Waals surface area contributed by atoms with Crippen LogP contribution in [0.2, 0.25) is 0 Å². The van der Waals surface area contributed by atoms with Gasteiger partial charge in [-0.25, -0.2) is 13.2 Å². The molecule has 3 aromatic rings. The van der Waals surface area contributed by atoms with Gasteiger partial charge in [-0.1, -0.05) is 36.4 Å². The number of aromatic nitrogens is 2. The van der Waals surface area contributed by atoms with Crippen LogP contribution in [-0.2, 0) is 4.79 Å². The first kappa shape index (κ1) is 23.8. The number of rotatable bonds is 9. The quantitative estimate of drug-likeness (QED) is 0.512. The molecule has 1 aromatic heterocycles. The fourth-order valence-electron chi connectivity index (χ4n) is 3.69. The first-order valence-corrected chi connectivity index (χ1v) is 10.1. The van der Waals surface area contributed by atoms with Gasteiger partial charge < -0.3 is 15.8 Å². The van der Waals surface area contributed by atoms with Crippen LogP contribution >= 0.6 is 0 Å². The summed E-state index contributed by atoms with van der Waals surface area (Å²) in [7, 11) is 1.31. The van der Waals surface area contributed by atoms with Crippen molar-refractivity contribution in [2.45, 2.75) is 25.7 Å². The largest absolute Gasteiger partial charge is 0.481 e. The number of nitrogens with two attached hydrogens (primary N) is 1. The van der Waals surface area contributed by atoms with Crippen molar-refractivity contribution >= 4 is 11.8 Å². The Morgan fingerprint density at radius 3 is 2.42 bits per heavy atom. The van der Waals surface area contributed by atoms with Gasteiger partial charge in [0, 0.05) is 12.3 Å².